The van der Waals surface area contributed by atoms with Crippen molar-refractivity contribution in [2.75, 3.05) is 19.8 Å². The summed E-state index contributed by atoms with van der Waals surface area (Å²) in [4.78, 5) is 10.7. The average molecular weight is 366 g/mol. The second-order valence-electron chi connectivity index (χ2n) is 7.01. The van der Waals surface area contributed by atoms with Crippen molar-refractivity contribution >= 4 is 11.5 Å². The molecule has 0 spiro atoms. The molecule has 0 unspecified atom stereocenters. The molecule has 0 saturated heterocycles. The zero-order valence-electron chi connectivity index (χ0n) is 16.0. The molecule has 0 amide bonds. The molecule has 2 aromatic rings. The van der Waals surface area contributed by atoms with Gasteiger partial charge in [0.15, 0.2) is 0 Å². The van der Waals surface area contributed by atoms with Gasteiger partial charge in [0.2, 0.25) is 0 Å². The monoisotopic (exact) mass is 366 g/mol. The Bertz CT molecular complexity index is 834. The number of hydrogen-bond donors (Lipinski definition) is 1. The normalized spacial score (nSPS) is 14.3. The number of aliphatic carboxylic acids is 1. The second-order valence-corrected chi connectivity index (χ2v) is 7.01. The van der Waals surface area contributed by atoms with Crippen molar-refractivity contribution in [2.24, 2.45) is 0 Å². The summed E-state index contributed by atoms with van der Waals surface area (Å²) in [5.41, 5.74) is 7.29. The topological polar surface area (TPSA) is 55.8 Å². The van der Waals surface area contributed by atoms with Crippen LogP contribution in [0.5, 0.6) is 5.75 Å². The summed E-state index contributed by atoms with van der Waals surface area (Å²) in [6.07, 6.45) is 1.56. The zero-order chi connectivity index (χ0) is 19.2. The zero-order valence-corrected chi connectivity index (χ0v) is 16.0. The third kappa shape index (κ3) is 5.20. The molecule has 0 fully saturated rings. The molecule has 142 valence electrons. The lowest BCUT2D eigenvalue weighted by molar-refractivity contribution is -0.136. The number of ether oxygens (including phenoxy) is 2. The highest BCUT2D eigenvalue weighted by molar-refractivity contribution is 5.71. The molecule has 3 rings (SSSR count). The lowest BCUT2D eigenvalue weighted by Crippen LogP contribution is -2.15. The minimum absolute atomic E-state index is 0.145. The van der Waals surface area contributed by atoms with Crippen molar-refractivity contribution in [2.45, 2.75) is 33.1 Å². The summed E-state index contributed by atoms with van der Waals surface area (Å²) in [6, 6.07) is 14.2. The lowest BCUT2D eigenvalue weighted by Gasteiger charge is -2.22. The van der Waals surface area contributed by atoms with Gasteiger partial charge in [0.25, 0.3) is 0 Å². The summed E-state index contributed by atoms with van der Waals surface area (Å²) in [5, 5.41) is 8.77. The Hall–Kier alpha value is -2.59. The standard InChI is InChI=1S/C23H26O4/c1-16-3-7-19(13-17(16)2)22-15-26-12-11-20(22)14-27-21-8-4-18(5-9-21)6-10-23(24)25/h3-5,7-9,13H,6,10-12,14-15H2,1-2H3,(H,24,25). The highest BCUT2D eigenvalue weighted by Gasteiger charge is 2.16. The predicted octanol–water partition coefficient (Wildman–Crippen LogP) is 4.57. The van der Waals surface area contributed by atoms with Gasteiger partial charge >= 0.3 is 5.97 Å². The van der Waals surface area contributed by atoms with Gasteiger partial charge in [-0.2, -0.15) is 0 Å². The van der Waals surface area contributed by atoms with E-state index in [0.717, 1.165) is 24.3 Å². The number of carboxylic acid groups (broad SMARTS) is 1. The Kier molecular flexibility index (Phi) is 6.30. The second kappa shape index (κ2) is 8.87. The van der Waals surface area contributed by atoms with Crippen LogP contribution in [0.25, 0.3) is 5.57 Å². The van der Waals surface area contributed by atoms with Gasteiger partial charge in [-0.15, -0.1) is 0 Å². The van der Waals surface area contributed by atoms with Gasteiger partial charge in [-0.05, 0) is 72.2 Å². The van der Waals surface area contributed by atoms with E-state index < -0.39 is 5.97 Å². The van der Waals surface area contributed by atoms with Crippen LogP contribution in [0.15, 0.2) is 48.0 Å². The molecule has 0 aliphatic carbocycles. The minimum Gasteiger partial charge on any atom is -0.489 e. The maximum Gasteiger partial charge on any atom is 0.303 e. The van der Waals surface area contributed by atoms with E-state index in [-0.39, 0.29) is 6.42 Å². The van der Waals surface area contributed by atoms with Crippen molar-refractivity contribution in [1.29, 1.82) is 0 Å². The molecular formula is C23H26O4. The van der Waals surface area contributed by atoms with Gasteiger partial charge < -0.3 is 14.6 Å². The van der Waals surface area contributed by atoms with Gasteiger partial charge in [0.1, 0.15) is 12.4 Å². The Morgan fingerprint density at radius 3 is 2.59 bits per heavy atom. The Morgan fingerprint density at radius 1 is 1.11 bits per heavy atom. The summed E-state index contributed by atoms with van der Waals surface area (Å²) in [5.74, 6) is 0.0214. The highest BCUT2D eigenvalue weighted by atomic mass is 16.5. The van der Waals surface area contributed by atoms with Crippen LogP contribution in [0.4, 0.5) is 0 Å². The largest absolute Gasteiger partial charge is 0.489 e. The number of carbonyl (C=O) groups is 1. The predicted molar refractivity (Wildman–Crippen MR) is 106 cm³/mol. The first-order valence-corrected chi connectivity index (χ1v) is 9.33. The highest BCUT2D eigenvalue weighted by Crippen LogP contribution is 2.27. The molecule has 1 heterocycles. The molecule has 1 N–H and O–H groups in total. The molecule has 1 aliphatic rings. The smallest absolute Gasteiger partial charge is 0.303 e. The van der Waals surface area contributed by atoms with Crippen LogP contribution in [0.2, 0.25) is 0 Å². The van der Waals surface area contributed by atoms with E-state index in [0.29, 0.717) is 19.6 Å². The Morgan fingerprint density at radius 2 is 1.89 bits per heavy atom. The van der Waals surface area contributed by atoms with Crippen molar-refractivity contribution in [3.8, 4) is 5.75 Å². The van der Waals surface area contributed by atoms with Crippen LogP contribution >= 0.6 is 0 Å². The minimum atomic E-state index is -0.777. The van der Waals surface area contributed by atoms with E-state index >= 15 is 0 Å². The fourth-order valence-electron chi connectivity index (χ4n) is 3.17. The fraction of sp³-hybridized carbons (Fsp3) is 0.348. The lowest BCUT2D eigenvalue weighted by atomic mass is 9.95. The first kappa shape index (κ1) is 19.2. The Balaban J connectivity index is 1.69. The fourth-order valence-corrected chi connectivity index (χ4v) is 3.17. The molecule has 27 heavy (non-hydrogen) atoms. The van der Waals surface area contributed by atoms with E-state index in [1.54, 1.807) is 0 Å². The molecule has 0 atom stereocenters. The van der Waals surface area contributed by atoms with Gasteiger partial charge in [-0.3, -0.25) is 4.79 Å². The van der Waals surface area contributed by atoms with Crippen LogP contribution in [-0.4, -0.2) is 30.9 Å². The van der Waals surface area contributed by atoms with Crippen LogP contribution in [0, 0.1) is 13.8 Å². The Labute approximate surface area is 160 Å². The third-order valence-electron chi connectivity index (χ3n) is 5.04. The van der Waals surface area contributed by atoms with Crippen LogP contribution < -0.4 is 4.74 Å². The molecule has 0 bridgehead atoms. The van der Waals surface area contributed by atoms with E-state index in [1.807, 2.05) is 24.3 Å². The quantitative estimate of drug-likeness (QED) is 0.780. The van der Waals surface area contributed by atoms with E-state index in [2.05, 4.69) is 32.0 Å². The van der Waals surface area contributed by atoms with Crippen molar-refractivity contribution in [3.63, 3.8) is 0 Å². The summed E-state index contributed by atoms with van der Waals surface area (Å²) < 4.78 is 11.7. The summed E-state index contributed by atoms with van der Waals surface area (Å²) in [7, 11) is 0. The van der Waals surface area contributed by atoms with Crippen LogP contribution in [0.1, 0.15) is 35.1 Å². The van der Waals surface area contributed by atoms with Gasteiger partial charge in [0.05, 0.1) is 13.2 Å². The van der Waals surface area contributed by atoms with Gasteiger partial charge in [-0.1, -0.05) is 30.3 Å². The molecule has 2 aromatic carbocycles. The third-order valence-corrected chi connectivity index (χ3v) is 5.04. The number of aryl methyl sites for hydroxylation is 3. The van der Waals surface area contributed by atoms with E-state index in [4.69, 9.17) is 14.6 Å². The van der Waals surface area contributed by atoms with Crippen molar-refractivity contribution in [1.82, 2.24) is 0 Å². The summed E-state index contributed by atoms with van der Waals surface area (Å²) >= 11 is 0. The number of benzene rings is 2. The average Bonchev–Trinajstić information content (AvgIpc) is 2.68. The summed E-state index contributed by atoms with van der Waals surface area (Å²) in [6.45, 7) is 6.14. The maximum atomic E-state index is 10.7. The first-order chi connectivity index (χ1) is 13.0. The molecular weight excluding hydrogens is 340 g/mol. The van der Waals surface area contributed by atoms with Crippen molar-refractivity contribution < 1.29 is 19.4 Å². The molecule has 4 heteroatoms. The van der Waals surface area contributed by atoms with Crippen LogP contribution in [-0.2, 0) is 16.0 Å². The van der Waals surface area contributed by atoms with Crippen LogP contribution in [0.3, 0.4) is 0 Å². The first-order valence-electron chi connectivity index (χ1n) is 9.33. The van der Waals surface area contributed by atoms with E-state index in [9.17, 15) is 4.79 Å². The number of hydrogen-bond acceptors (Lipinski definition) is 3. The molecule has 1 aliphatic heterocycles. The van der Waals surface area contributed by atoms with Gasteiger partial charge in [0, 0.05) is 6.42 Å². The number of carboxylic acids is 1. The van der Waals surface area contributed by atoms with Gasteiger partial charge in [-0.25, -0.2) is 0 Å². The molecule has 0 aromatic heterocycles. The molecule has 4 nitrogen and oxygen atoms in total. The maximum absolute atomic E-state index is 10.7. The molecule has 0 saturated carbocycles. The van der Waals surface area contributed by atoms with Crippen molar-refractivity contribution in [3.05, 3.63) is 70.3 Å². The molecule has 0 radical (unpaired) electrons. The number of rotatable bonds is 7. The SMILES string of the molecule is Cc1ccc(C2=C(COc3ccc(CCC(=O)O)cc3)CCOC2)cc1C. The van der Waals surface area contributed by atoms with E-state index in [1.165, 1.54) is 27.8 Å².